The van der Waals surface area contributed by atoms with E-state index in [9.17, 15) is 9.59 Å². The number of esters is 2. The molecule has 0 aromatic rings. The number of rotatable bonds is 23. The van der Waals surface area contributed by atoms with Gasteiger partial charge in [0.15, 0.2) is 0 Å². The monoisotopic (exact) mass is 454 g/mol. The van der Waals surface area contributed by atoms with Crippen LogP contribution in [0.25, 0.3) is 0 Å². The Kier molecular flexibility index (Phi) is 22.3. The summed E-state index contributed by atoms with van der Waals surface area (Å²) < 4.78 is 10.7. The van der Waals surface area contributed by atoms with Crippen molar-refractivity contribution in [2.24, 2.45) is 11.8 Å². The summed E-state index contributed by atoms with van der Waals surface area (Å²) >= 11 is 0. The Labute approximate surface area is 199 Å². The number of carbonyl (C=O) groups excluding carboxylic acids is 2. The second-order valence-corrected chi connectivity index (χ2v) is 9.73. The van der Waals surface area contributed by atoms with Crippen molar-refractivity contribution in [1.82, 2.24) is 0 Å². The molecule has 0 saturated carbocycles. The Bertz CT molecular complexity index is 433. The zero-order valence-corrected chi connectivity index (χ0v) is 21.9. The maximum atomic E-state index is 12.3. The quantitative estimate of drug-likeness (QED) is 0.115. The maximum Gasteiger partial charge on any atom is 0.309 e. The summed E-state index contributed by atoms with van der Waals surface area (Å²) in [6.07, 6.45) is 20.2. The minimum atomic E-state index is -0.0226. The number of hydrogen-bond donors (Lipinski definition) is 0. The van der Waals surface area contributed by atoms with Crippen LogP contribution in [0.15, 0.2) is 0 Å². The van der Waals surface area contributed by atoms with E-state index < -0.39 is 0 Å². The molecule has 0 aliphatic carbocycles. The SMILES string of the molecule is CCCCCOC(=O)CCCCCCCCCCCCC(C(=O)OCCCCC)C(C)C. The van der Waals surface area contributed by atoms with Crippen LogP contribution in [0, 0.1) is 11.8 Å². The van der Waals surface area contributed by atoms with Gasteiger partial charge in [-0.15, -0.1) is 0 Å². The second kappa shape index (κ2) is 23.1. The predicted molar refractivity (Wildman–Crippen MR) is 135 cm³/mol. The zero-order chi connectivity index (χ0) is 23.9. The van der Waals surface area contributed by atoms with Gasteiger partial charge in [0.25, 0.3) is 0 Å². The van der Waals surface area contributed by atoms with Crippen molar-refractivity contribution in [3.63, 3.8) is 0 Å². The summed E-state index contributed by atoms with van der Waals surface area (Å²) in [5.74, 6) is 0.410. The van der Waals surface area contributed by atoms with Crippen LogP contribution in [0.5, 0.6) is 0 Å². The molecule has 1 atom stereocenters. The third-order valence-corrected chi connectivity index (χ3v) is 6.26. The summed E-state index contributed by atoms with van der Waals surface area (Å²) in [6, 6.07) is 0. The van der Waals surface area contributed by atoms with E-state index in [1.807, 2.05) is 0 Å². The molecule has 0 rings (SSSR count). The second-order valence-electron chi connectivity index (χ2n) is 9.73. The van der Waals surface area contributed by atoms with Gasteiger partial charge in [-0.05, 0) is 31.6 Å². The Hall–Kier alpha value is -1.06. The van der Waals surface area contributed by atoms with E-state index in [1.54, 1.807) is 0 Å². The van der Waals surface area contributed by atoms with Crippen LogP contribution < -0.4 is 0 Å². The average Bonchev–Trinajstić information content (AvgIpc) is 2.77. The molecule has 0 fully saturated rings. The molecule has 0 aromatic carbocycles. The van der Waals surface area contributed by atoms with Gasteiger partial charge in [0.05, 0.1) is 19.1 Å². The molecule has 0 aromatic heterocycles. The first-order valence-corrected chi connectivity index (χ1v) is 13.8. The van der Waals surface area contributed by atoms with E-state index in [-0.39, 0.29) is 17.9 Å². The highest BCUT2D eigenvalue weighted by molar-refractivity contribution is 5.72. The highest BCUT2D eigenvalue weighted by Gasteiger charge is 2.22. The van der Waals surface area contributed by atoms with Gasteiger partial charge in [-0.25, -0.2) is 0 Å². The third-order valence-electron chi connectivity index (χ3n) is 6.26. The molecule has 0 bridgehead atoms. The van der Waals surface area contributed by atoms with Crippen molar-refractivity contribution in [2.45, 2.75) is 143 Å². The first-order valence-electron chi connectivity index (χ1n) is 13.8. The normalized spacial score (nSPS) is 12.2. The van der Waals surface area contributed by atoms with Crippen molar-refractivity contribution < 1.29 is 19.1 Å². The number of hydrogen-bond acceptors (Lipinski definition) is 4. The number of unbranched alkanes of at least 4 members (excludes halogenated alkanes) is 13. The van der Waals surface area contributed by atoms with Crippen molar-refractivity contribution in [2.75, 3.05) is 13.2 Å². The van der Waals surface area contributed by atoms with Gasteiger partial charge < -0.3 is 9.47 Å². The fourth-order valence-electron chi connectivity index (χ4n) is 4.01. The lowest BCUT2D eigenvalue weighted by Gasteiger charge is -2.19. The molecule has 4 heteroatoms. The Morgan fingerprint density at radius 3 is 1.56 bits per heavy atom. The summed E-state index contributed by atoms with van der Waals surface area (Å²) in [5.41, 5.74) is 0. The molecule has 0 amide bonds. The molecular formula is C28H54O4. The van der Waals surface area contributed by atoms with Crippen LogP contribution in [0.1, 0.15) is 143 Å². The Morgan fingerprint density at radius 1 is 0.594 bits per heavy atom. The van der Waals surface area contributed by atoms with Crippen LogP contribution in [-0.2, 0) is 19.1 Å². The molecule has 0 spiro atoms. The van der Waals surface area contributed by atoms with Crippen LogP contribution in [0.4, 0.5) is 0 Å². The van der Waals surface area contributed by atoms with Crippen molar-refractivity contribution in [1.29, 1.82) is 0 Å². The fraction of sp³-hybridized carbons (Fsp3) is 0.929. The van der Waals surface area contributed by atoms with Crippen LogP contribution in [-0.4, -0.2) is 25.2 Å². The average molecular weight is 455 g/mol. The lowest BCUT2D eigenvalue weighted by Crippen LogP contribution is -2.23. The Balaban J connectivity index is 3.53. The molecule has 0 aliphatic rings. The van der Waals surface area contributed by atoms with Gasteiger partial charge in [-0.2, -0.15) is 0 Å². The standard InChI is InChI=1S/C28H54O4/c1-5-7-19-23-31-27(29)22-18-16-14-12-10-9-11-13-15-17-21-26(25(3)4)28(30)32-24-20-8-6-2/h25-26H,5-24H2,1-4H3. The molecule has 0 N–H and O–H groups in total. The van der Waals surface area contributed by atoms with Gasteiger partial charge in [0.1, 0.15) is 0 Å². The van der Waals surface area contributed by atoms with Gasteiger partial charge in [0.2, 0.25) is 0 Å². The van der Waals surface area contributed by atoms with Gasteiger partial charge in [-0.1, -0.05) is 111 Å². The Morgan fingerprint density at radius 2 is 1.06 bits per heavy atom. The summed E-state index contributed by atoms with van der Waals surface area (Å²) in [6.45, 7) is 9.76. The van der Waals surface area contributed by atoms with E-state index >= 15 is 0 Å². The van der Waals surface area contributed by atoms with E-state index in [1.165, 1.54) is 44.9 Å². The summed E-state index contributed by atoms with van der Waals surface area (Å²) in [7, 11) is 0. The third kappa shape index (κ3) is 19.6. The van der Waals surface area contributed by atoms with E-state index in [4.69, 9.17) is 9.47 Å². The van der Waals surface area contributed by atoms with Crippen LogP contribution >= 0.6 is 0 Å². The van der Waals surface area contributed by atoms with Gasteiger partial charge >= 0.3 is 11.9 Å². The van der Waals surface area contributed by atoms with Crippen molar-refractivity contribution >= 4 is 11.9 Å². The fourth-order valence-corrected chi connectivity index (χ4v) is 4.01. The molecule has 32 heavy (non-hydrogen) atoms. The van der Waals surface area contributed by atoms with E-state index in [0.717, 1.165) is 64.2 Å². The highest BCUT2D eigenvalue weighted by atomic mass is 16.5. The smallest absolute Gasteiger partial charge is 0.309 e. The molecule has 1 unspecified atom stereocenters. The molecular weight excluding hydrogens is 400 g/mol. The predicted octanol–water partition coefficient (Wildman–Crippen LogP) is 8.41. The minimum Gasteiger partial charge on any atom is -0.466 e. The zero-order valence-electron chi connectivity index (χ0n) is 21.9. The minimum absolute atomic E-state index is 0.0147. The molecule has 0 aliphatic heterocycles. The molecule has 0 saturated heterocycles. The molecule has 4 nitrogen and oxygen atoms in total. The summed E-state index contributed by atoms with van der Waals surface area (Å²) in [4.78, 5) is 23.9. The largest absolute Gasteiger partial charge is 0.466 e. The maximum absolute atomic E-state index is 12.3. The van der Waals surface area contributed by atoms with Crippen molar-refractivity contribution in [3.8, 4) is 0 Å². The lowest BCUT2D eigenvalue weighted by molar-refractivity contribution is -0.150. The molecule has 190 valence electrons. The van der Waals surface area contributed by atoms with Crippen molar-refractivity contribution in [3.05, 3.63) is 0 Å². The lowest BCUT2D eigenvalue weighted by atomic mass is 9.90. The topological polar surface area (TPSA) is 52.6 Å². The van der Waals surface area contributed by atoms with Gasteiger partial charge in [-0.3, -0.25) is 9.59 Å². The van der Waals surface area contributed by atoms with Gasteiger partial charge in [0, 0.05) is 6.42 Å². The number of ether oxygens (including phenoxy) is 2. The van der Waals surface area contributed by atoms with Crippen LogP contribution in [0.3, 0.4) is 0 Å². The first-order chi connectivity index (χ1) is 15.5. The highest BCUT2D eigenvalue weighted by Crippen LogP contribution is 2.21. The van der Waals surface area contributed by atoms with E-state index in [2.05, 4.69) is 27.7 Å². The van der Waals surface area contributed by atoms with E-state index in [0.29, 0.717) is 25.6 Å². The molecule has 0 radical (unpaired) electrons. The molecule has 0 heterocycles. The first kappa shape index (κ1) is 30.9. The van der Waals surface area contributed by atoms with Crippen LogP contribution in [0.2, 0.25) is 0 Å². The summed E-state index contributed by atoms with van der Waals surface area (Å²) in [5, 5.41) is 0. The number of carbonyl (C=O) groups is 2.